The van der Waals surface area contributed by atoms with Crippen molar-refractivity contribution in [3.05, 3.63) is 16.1 Å². The number of thiazole rings is 1. The second kappa shape index (κ2) is 5.48. The maximum Gasteiger partial charge on any atom is 0.0897 e. The average molecular weight is 281 g/mol. The van der Waals surface area contributed by atoms with Crippen molar-refractivity contribution in [1.82, 2.24) is 14.8 Å². The van der Waals surface area contributed by atoms with Crippen molar-refractivity contribution in [3.63, 3.8) is 0 Å². The molecule has 1 unspecified atom stereocenters. The van der Waals surface area contributed by atoms with E-state index in [4.69, 9.17) is 4.74 Å². The monoisotopic (exact) mass is 281 g/mol. The Hall–Kier alpha value is -0.490. The molecule has 0 N–H and O–H groups in total. The van der Waals surface area contributed by atoms with Crippen LogP contribution < -0.4 is 0 Å². The van der Waals surface area contributed by atoms with E-state index in [1.54, 1.807) is 18.4 Å². The molecule has 3 heterocycles. The quantitative estimate of drug-likeness (QED) is 0.822. The minimum atomic E-state index is 0.436. The lowest BCUT2D eigenvalue weighted by atomic mass is 9.83. The molecule has 0 saturated carbocycles. The number of hydrogen-bond donors (Lipinski definition) is 0. The van der Waals surface area contributed by atoms with Crippen molar-refractivity contribution in [2.75, 3.05) is 39.9 Å². The highest BCUT2D eigenvalue weighted by molar-refractivity contribution is 7.09. The minimum absolute atomic E-state index is 0.436. The van der Waals surface area contributed by atoms with E-state index in [1.165, 1.54) is 43.2 Å². The first-order valence-corrected chi connectivity index (χ1v) is 7.97. The maximum atomic E-state index is 5.18. The van der Waals surface area contributed by atoms with Crippen molar-refractivity contribution >= 4 is 11.3 Å². The molecule has 1 spiro atoms. The molecule has 0 aromatic carbocycles. The molecule has 1 aromatic heterocycles. The molecule has 0 aliphatic carbocycles. The molecule has 2 aliphatic rings. The van der Waals surface area contributed by atoms with Crippen LogP contribution in [0.15, 0.2) is 5.38 Å². The molecular weight excluding hydrogens is 258 g/mol. The fourth-order valence-electron chi connectivity index (χ4n) is 3.32. The Morgan fingerprint density at radius 1 is 1.42 bits per heavy atom. The van der Waals surface area contributed by atoms with E-state index in [0.29, 0.717) is 5.54 Å². The second-order valence-corrected chi connectivity index (χ2v) is 6.83. The van der Waals surface area contributed by atoms with Gasteiger partial charge in [0.15, 0.2) is 0 Å². The number of nitrogens with zero attached hydrogens (tertiary/aromatic N) is 3. The minimum Gasteiger partial charge on any atom is -0.383 e. The number of hydrogen-bond acceptors (Lipinski definition) is 5. The summed E-state index contributed by atoms with van der Waals surface area (Å²) in [6, 6.07) is 0. The summed E-state index contributed by atoms with van der Waals surface area (Å²) >= 11 is 1.76. The van der Waals surface area contributed by atoms with E-state index in [-0.39, 0.29) is 0 Å². The Kier molecular flexibility index (Phi) is 3.89. The summed E-state index contributed by atoms with van der Waals surface area (Å²) in [6.07, 6.45) is 2.65. The fourth-order valence-corrected chi connectivity index (χ4v) is 3.93. The molecule has 0 radical (unpaired) electrons. The highest BCUT2D eigenvalue weighted by Gasteiger charge is 2.48. The highest BCUT2D eigenvalue weighted by Crippen LogP contribution is 2.39. The SMILES string of the molecule is COCCN1CCC2(CCN2Cc2csc(C)n2)C1. The molecule has 1 atom stereocenters. The smallest absolute Gasteiger partial charge is 0.0897 e. The Bertz CT molecular complexity index is 436. The number of ether oxygens (including phenoxy) is 1. The molecule has 3 rings (SSSR count). The third-order valence-electron chi connectivity index (χ3n) is 4.56. The normalized spacial score (nSPS) is 28.1. The van der Waals surface area contributed by atoms with Crippen LogP contribution in [-0.4, -0.2) is 60.2 Å². The van der Waals surface area contributed by atoms with Gasteiger partial charge in [-0.2, -0.15) is 0 Å². The van der Waals surface area contributed by atoms with Crippen molar-refractivity contribution in [2.45, 2.75) is 31.8 Å². The summed E-state index contributed by atoms with van der Waals surface area (Å²) in [5.41, 5.74) is 1.68. The van der Waals surface area contributed by atoms with Gasteiger partial charge in [0.05, 0.1) is 17.3 Å². The molecule has 2 fully saturated rings. The second-order valence-electron chi connectivity index (χ2n) is 5.77. The highest BCUT2D eigenvalue weighted by atomic mass is 32.1. The summed E-state index contributed by atoms with van der Waals surface area (Å²) in [5.74, 6) is 0. The predicted octanol–water partition coefficient (Wildman–Crippen LogP) is 1.75. The van der Waals surface area contributed by atoms with Gasteiger partial charge < -0.3 is 4.74 Å². The number of aryl methyl sites for hydroxylation is 1. The Morgan fingerprint density at radius 3 is 2.89 bits per heavy atom. The van der Waals surface area contributed by atoms with Crippen LogP contribution in [0.3, 0.4) is 0 Å². The predicted molar refractivity (Wildman–Crippen MR) is 77.5 cm³/mol. The zero-order chi connectivity index (χ0) is 13.3. The summed E-state index contributed by atoms with van der Waals surface area (Å²) in [5, 5.41) is 3.39. The Morgan fingerprint density at radius 2 is 2.26 bits per heavy atom. The van der Waals surface area contributed by atoms with Crippen LogP contribution >= 0.6 is 11.3 Å². The fraction of sp³-hybridized carbons (Fsp3) is 0.786. The zero-order valence-corrected chi connectivity index (χ0v) is 12.7. The van der Waals surface area contributed by atoms with Gasteiger partial charge in [-0.05, 0) is 19.8 Å². The lowest BCUT2D eigenvalue weighted by Crippen LogP contribution is -2.60. The molecule has 1 aromatic rings. The van der Waals surface area contributed by atoms with Crippen molar-refractivity contribution in [2.24, 2.45) is 0 Å². The standard InChI is InChI=1S/C14H23N3OS/c1-12-15-13(10-19-12)9-17-6-4-14(17)3-5-16(11-14)7-8-18-2/h10H,3-9,11H2,1-2H3. The van der Waals surface area contributed by atoms with Gasteiger partial charge in [-0.1, -0.05) is 0 Å². The maximum absolute atomic E-state index is 5.18. The Labute approximate surface area is 119 Å². The Balaban J connectivity index is 1.57. The van der Waals surface area contributed by atoms with Crippen LogP contribution in [0.1, 0.15) is 23.5 Å². The van der Waals surface area contributed by atoms with E-state index in [0.717, 1.165) is 19.7 Å². The lowest BCUT2D eigenvalue weighted by molar-refractivity contribution is -0.0160. The zero-order valence-electron chi connectivity index (χ0n) is 11.9. The van der Waals surface area contributed by atoms with Gasteiger partial charge in [-0.25, -0.2) is 4.98 Å². The van der Waals surface area contributed by atoms with Gasteiger partial charge in [-0.3, -0.25) is 9.80 Å². The van der Waals surface area contributed by atoms with Gasteiger partial charge in [0.1, 0.15) is 0 Å². The van der Waals surface area contributed by atoms with Crippen LogP contribution in [0.25, 0.3) is 0 Å². The van der Waals surface area contributed by atoms with E-state index in [1.807, 2.05) is 0 Å². The summed E-state index contributed by atoms with van der Waals surface area (Å²) < 4.78 is 5.18. The molecule has 4 nitrogen and oxygen atoms in total. The molecule has 2 saturated heterocycles. The van der Waals surface area contributed by atoms with Crippen LogP contribution in [0, 0.1) is 6.92 Å². The number of aromatic nitrogens is 1. The van der Waals surface area contributed by atoms with Gasteiger partial charge in [0, 0.05) is 50.8 Å². The average Bonchev–Trinajstić information content (AvgIpc) is 3.00. The van der Waals surface area contributed by atoms with E-state index < -0.39 is 0 Å². The van der Waals surface area contributed by atoms with Crippen molar-refractivity contribution < 1.29 is 4.74 Å². The lowest BCUT2D eigenvalue weighted by Gasteiger charge is -2.50. The van der Waals surface area contributed by atoms with E-state index in [2.05, 4.69) is 27.1 Å². The molecule has 0 bridgehead atoms. The van der Waals surface area contributed by atoms with E-state index in [9.17, 15) is 0 Å². The van der Waals surface area contributed by atoms with Crippen molar-refractivity contribution in [1.29, 1.82) is 0 Å². The summed E-state index contributed by atoms with van der Waals surface area (Å²) in [4.78, 5) is 9.78. The van der Waals surface area contributed by atoms with Gasteiger partial charge in [0.25, 0.3) is 0 Å². The molecule has 106 valence electrons. The van der Waals surface area contributed by atoms with Gasteiger partial charge >= 0.3 is 0 Å². The largest absolute Gasteiger partial charge is 0.383 e. The first-order chi connectivity index (χ1) is 9.22. The third kappa shape index (κ3) is 2.70. The summed E-state index contributed by atoms with van der Waals surface area (Å²) in [7, 11) is 1.78. The van der Waals surface area contributed by atoms with Crippen LogP contribution in [0.5, 0.6) is 0 Å². The van der Waals surface area contributed by atoms with Gasteiger partial charge in [-0.15, -0.1) is 11.3 Å². The molecule has 19 heavy (non-hydrogen) atoms. The topological polar surface area (TPSA) is 28.6 Å². The molecular formula is C14H23N3OS. The molecule has 2 aliphatic heterocycles. The van der Waals surface area contributed by atoms with Crippen LogP contribution in [-0.2, 0) is 11.3 Å². The number of methoxy groups -OCH3 is 1. The van der Waals surface area contributed by atoms with Crippen molar-refractivity contribution in [3.8, 4) is 0 Å². The molecule has 0 amide bonds. The van der Waals surface area contributed by atoms with E-state index >= 15 is 0 Å². The van der Waals surface area contributed by atoms with Crippen LogP contribution in [0.4, 0.5) is 0 Å². The number of rotatable bonds is 5. The molecule has 5 heteroatoms. The first kappa shape index (κ1) is 13.5. The third-order valence-corrected chi connectivity index (χ3v) is 5.38. The first-order valence-electron chi connectivity index (χ1n) is 7.09. The number of likely N-dealkylation sites (tertiary alicyclic amines) is 2. The summed E-state index contributed by atoms with van der Waals surface area (Å²) in [6.45, 7) is 8.69. The van der Waals surface area contributed by atoms with Gasteiger partial charge in [0.2, 0.25) is 0 Å². The van der Waals surface area contributed by atoms with Crippen LogP contribution in [0.2, 0.25) is 0 Å².